The van der Waals surface area contributed by atoms with Crippen molar-refractivity contribution in [1.29, 1.82) is 0 Å². The Morgan fingerprint density at radius 1 is 1.08 bits per heavy atom. The van der Waals surface area contributed by atoms with E-state index >= 15 is 0 Å². The van der Waals surface area contributed by atoms with Gasteiger partial charge in [-0.2, -0.15) is 0 Å². The lowest BCUT2D eigenvalue weighted by Crippen LogP contribution is -2.69. The van der Waals surface area contributed by atoms with Gasteiger partial charge >= 0.3 is 0 Å². The lowest BCUT2D eigenvalue weighted by molar-refractivity contribution is -0.572. The Morgan fingerprint density at radius 2 is 1.96 bits per heavy atom. The van der Waals surface area contributed by atoms with Crippen LogP contribution in [0.5, 0.6) is 0 Å². The molecule has 5 heteroatoms. The molecule has 5 fully saturated rings. The summed E-state index contributed by atoms with van der Waals surface area (Å²) in [6, 6.07) is 3.92. The van der Waals surface area contributed by atoms with Gasteiger partial charge < -0.3 is 13.9 Å². The van der Waals surface area contributed by atoms with E-state index in [0.29, 0.717) is 17.8 Å². The molecule has 2 bridgehead atoms. The van der Waals surface area contributed by atoms with Crippen LogP contribution >= 0.6 is 0 Å². The number of hydrogen-bond acceptors (Lipinski definition) is 5. The molecular weight excluding hydrogens is 308 g/mol. The summed E-state index contributed by atoms with van der Waals surface area (Å²) in [6.45, 7) is 6.54. The molecule has 6 rings (SSSR count). The first-order valence-electron chi connectivity index (χ1n) is 9.27. The zero-order chi connectivity index (χ0) is 16.5. The Labute approximate surface area is 142 Å². The third kappa shape index (κ3) is 1.90. The van der Waals surface area contributed by atoms with E-state index in [1.54, 1.807) is 6.26 Å². The van der Waals surface area contributed by atoms with Gasteiger partial charge in [0.25, 0.3) is 0 Å². The van der Waals surface area contributed by atoms with Gasteiger partial charge in [-0.3, -0.25) is 0 Å². The maximum atomic E-state index is 6.48. The molecule has 0 aromatic carbocycles. The molecule has 132 valence electrons. The highest BCUT2D eigenvalue weighted by Crippen LogP contribution is 2.62. The van der Waals surface area contributed by atoms with Crippen LogP contribution in [0.2, 0.25) is 0 Å². The van der Waals surface area contributed by atoms with Crippen molar-refractivity contribution in [1.82, 2.24) is 0 Å². The number of ether oxygens (including phenoxy) is 2. The highest BCUT2D eigenvalue weighted by atomic mass is 17.3. The smallest absolute Gasteiger partial charge is 0.201 e. The van der Waals surface area contributed by atoms with Gasteiger partial charge in [-0.1, -0.05) is 13.8 Å². The molecule has 4 saturated heterocycles. The summed E-state index contributed by atoms with van der Waals surface area (Å²) in [6.07, 6.45) is 5.45. The summed E-state index contributed by atoms with van der Waals surface area (Å²) in [7, 11) is 0. The minimum Gasteiger partial charge on any atom is -0.467 e. The van der Waals surface area contributed by atoms with Gasteiger partial charge in [0.1, 0.15) is 11.9 Å². The van der Waals surface area contributed by atoms with Crippen molar-refractivity contribution in [2.45, 2.75) is 70.2 Å². The molecular formula is C19H26O5. The second-order valence-corrected chi connectivity index (χ2v) is 8.34. The quantitative estimate of drug-likeness (QED) is 0.720. The van der Waals surface area contributed by atoms with E-state index in [0.717, 1.165) is 25.0 Å². The molecule has 8 atom stereocenters. The molecule has 1 aromatic heterocycles. The largest absolute Gasteiger partial charge is 0.467 e. The first-order valence-corrected chi connectivity index (χ1v) is 9.27. The van der Waals surface area contributed by atoms with Crippen molar-refractivity contribution in [3.63, 3.8) is 0 Å². The molecule has 5 nitrogen and oxygen atoms in total. The fourth-order valence-corrected chi connectivity index (χ4v) is 5.68. The number of rotatable bonds is 1. The van der Waals surface area contributed by atoms with Gasteiger partial charge in [-0.05, 0) is 56.1 Å². The van der Waals surface area contributed by atoms with Crippen molar-refractivity contribution in [3.05, 3.63) is 24.2 Å². The molecule has 0 unspecified atom stereocenters. The predicted octanol–water partition coefficient (Wildman–Crippen LogP) is 4.20. The van der Waals surface area contributed by atoms with E-state index in [2.05, 4.69) is 13.8 Å². The van der Waals surface area contributed by atoms with Gasteiger partial charge in [0.05, 0.1) is 6.26 Å². The zero-order valence-corrected chi connectivity index (χ0v) is 14.6. The summed E-state index contributed by atoms with van der Waals surface area (Å²) in [5.41, 5.74) is -0.490. The van der Waals surface area contributed by atoms with E-state index in [-0.39, 0.29) is 12.0 Å². The Hall–Kier alpha value is -0.880. The minimum absolute atomic E-state index is 0.0961. The zero-order valence-electron chi connectivity index (χ0n) is 14.6. The normalized spacial score (nSPS) is 53.5. The van der Waals surface area contributed by atoms with Crippen LogP contribution in [0, 0.1) is 23.7 Å². The summed E-state index contributed by atoms with van der Waals surface area (Å²) >= 11 is 0. The van der Waals surface area contributed by atoms with Gasteiger partial charge in [0.2, 0.25) is 5.79 Å². The van der Waals surface area contributed by atoms with E-state index in [1.165, 1.54) is 6.42 Å². The molecule has 1 spiro atoms. The second kappa shape index (κ2) is 5.07. The van der Waals surface area contributed by atoms with Crippen LogP contribution in [0.1, 0.15) is 58.3 Å². The molecule has 4 aliphatic heterocycles. The predicted molar refractivity (Wildman–Crippen MR) is 84.5 cm³/mol. The monoisotopic (exact) mass is 334 g/mol. The second-order valence-electron chi connectivity index (χ2n) is 8.34. The van der Waals surface area contributed by atoms with Crippen LogP contribution in [0.4, 0.5) is 0 Å². The Kier molecular flexibility index (Phi) is 3.25. The van der Waals surface area contributed by atoms with Gasteiger partial charge in [0.15, 0.2) is 11.9 Å². The maximum Gasteiger partial charge on any atom is 0.201 e. The number of furan rings is 1. The van der Waals surface area contributed by atoms with E-state index in [9.17, 15) is 0 Å². The summed E-state index contributed by atoms with van der Waals surface area (Å²) in [5, 5.41) is 0. The molecule has 0 amide bonds. The van der Waals surface area contributed by atoms with Crippen molar-refractivity contribution in [3.8, 4) is 0 Å². The molecule has 5 heterocycles. The Bertz CT molecular complexity index is 615. The van der Waals surface area contributed by atoms with Crippen molar-refractivity contribution >= 4 is 0 Å². The SMILES string of the molecule is C[C@H]1[C@H](c2ccco2)O[C@@H]2O[C@]3(C)CC[C@H]4[C@H](C)CC[C@@H]1[C@@]24OO3. The third-order valence-electron chi connectivity index (χ3n) is 6.98. The topological polar surface area (TPSA) is 50.1 Å². The maximum absolute atomic E-state index is 6.48. The average Bonchev–Trinajstić information content (AvgIpc) is 2.99. The minimum atomic E-state index is -0.716. The van der Waals surface area contributed by atoms with Crippen LogP contribution in [0.3, 0.4) is 0 Å². The van der Waals surface area contributed by atoms with E-state index in [4.69, 9.17) is 23.7 Å². The first-order chi connectivity index (χ1) is 11.5. The molecule has 1 saturated carbocycles. The Balaban J connectivity index is 1.60. The highest BCUT2D eigenvalue weighted by Gasteiger charge is 2.69. The first kappa shape index (κ1) is 15.4. The number of hydrogen-bond donors (Lipinski definition) is 0. The van der Waals surface area contributed by atoms with Crippen LogP contribution < -0.4 is 0 Å². The lowest BCUT2D eigenvalue weighted by Gasteiger charge is -2.60. The molecule has 1 aromatic rings. The van der Waals surface area contributed by atoms with Gasteiger partial charge in [-0.15, -0.1) is 0 Å². The highest BCUT2D eigenvalue weighted by molar-refractivity contribution is 5.14. The summed E-state index contributed by atoms with van der Waals surface area (Å²) in [4.78, 5) is 12.0. The van der Waals surface area contributed by atoms with E-state index in [1.807, 2.05) is 19.1 Å². The third-order valence-corrected chi connectivity index (χ3v) is 6.98. The molecule has 0 radical (unpaired) electrons. The average molecular weight is 334 g/mol. The van der Waals surface area contributed by atoms with Crippen LogP contribution in [0.25, 0.3) is 0 Å². The molecule has 24 heavy (non-hydrogen) atoms. The number of fused-ring (bicyclic) bond motifs is 2. The molecule has 5 aliphatic rings. The molecule has 0 N–H and O–H groups in total. The fourth-order valence-electron chi connectivity index (χ4n) is 5.68. The van der Waals surface area contributed by atoms with Gasteiger partial charge in [-0.25, -0.2) is 9.78 Å². The Morgan fingerprint density at radius 3 is 2.75 bits per heavy atom. The van der Waals surface area contributed by atoms with Crippen LogP contribution in [-0.2, 0) is 19.2 Å². The molecule has 1 aliphatic carbocycles. The van der Waals surface area contributed by atoms with Crippen LogP contribution in [-0.4, -0.2) is 17.7 Å². The van der Waals surface area contributed by atoms with E-state index < -0.39 is 17.7 Å². The van der Waals surface area contributed by atoms with Gasteiger partial charge in [0, 0.05) is 12.3 Å². The van der Waals surface area contributed by atoms with Crippen molar-refractivity contribution in [2.24, 2.45) is 23.7 Å². The van der Waals surface area contributed by atoms with Crippen LogP contribution in [0.15, 0.2) is 22.8 Å². The summed E-state index contributed by atoms with van der Waals surface area (Å²) in [5.74, 6) is 1.79. The van der Waals surface area contributed by atoms with Crippen molar-refractivity contribution in [2.75, 3.05) is 0 Å². The lowest BCUT2D eigenvalue weighted by atomic mass is 9.57. The standard InChI is InChI=1S/C19H26O5/c1-11-6-7-14-12(2)16(15-5-4-10-20-15)21-17-19(14)13(11)8-9-18(3,22-17)23-24-19/h4-5,10-14,16-17H,6-9H2,1-3H3/t11-,12-,13+,14+,16-,17-,18+,19-/m1/s1. The van der Waals surface area contributed by atoms with Crippen molar-refractivity contribution < 1.29 is 23.7 Å². The summed E-state index contributed by atoms with van der Waals surface area (Å²) < 4.78 is 18.5. The fraction of sp³-hybridized carbons (Fsp3) is 0.789.